The number of aromatic hydroxyl groups is 1. The van der Waals surface area contributed by atoms with Crippen molar-refractivity contribution >= 4 is 12.1 Å². The molecule has 1 aromatic carbocycles. The number of benzene rings is 1. The first-order chi connectivity index (χ1) is 9.88. The Labute approximate surface area is 118 Å². The van der Waals surface area contributed by atoms with Crippen LogP contribution in [-0.4, -0.2) is 32.5 Å². The lowest BCUT2D eigenvalue weighted by Crippen LogP contribution is -2.22. The van der Waals surface area contributed by atoms with Crippen LogP contribution in [0.2, 0.25) is 0 Å². The van der Waals surface area contributed by atoms with Crippen LogP contribution in [-0.2, 0) is 5.97 Å². The standard InChI is InChI=1S/C13H12N2O6/c16-10-4-2-1-3-9(10)12(17)15-14-7-8-5-6-11(21-8)13(18,19)20/h1-7,16,18-20H,(H,15,17)/b14-7-. The molecule has 0 bridgehead atoms. The van der Waals surface area contributed by atoms with Gasteiger partial charge in [0.15, 0.2) is 5.76 Å². The third-order valence-corrected chi connectivity index (χ3v) is 2.46. The molecular weight excluding hydrogens is 280 g/mol. The monoisotopic (exact) mass is 292 g/mol. The number of hydrazone groups is 1. The zero-order chi connectivity index (χ0) is 15.5. The van der Waals surface area contributed by atoms with Gasteiger partial charge in [0.1, 0.15) is 11.5 Å². The Balaban J connectivity index is 2.01. The van der Waals surface area contributed by atoms with E-state index < -0.39 is 17.6 Å². The van der Waals surface area contributed by atoms with Gasteiger partial charge in [-0.05, 0) is 24.3 Å². The van der Waals surface area contributed by atoms with Crippen LogP contribution in [0.3, 0.4) is 0 Å². The van der Waals surface area contributed by atoms with Crippen molar-refractivity contribution in [2.75, 3.05) is 0 Å². The zero-order valence-electron chi connectivity index (χ0n) is 10.6. The van der Waals surface area contributed by atoms with Gasteiger partial charge in [0.2, 0.25) is 0 Å². The summed E-state index contributed by atoms with van der Waals surface area (Å²) >= 11 is 0. The molecule has 0 radical (unpaired) electrons. The summed E-state index contributed by atoms with van der Waals surface area (Å²) in [4.78, 5) is 11.7. The predicted molar refractivity (Wildman–Crippen MR) is 70.2 cm³/mol. The van der Waals surface area contributed by atoms with Crippen LogP contribution in [0.4, 0.5) is 0 Å². The van der Waals surface area contributed by atoms with Crippen molar-refractivity contribution in [3.05, 3.63) is 53.5 Å². The highest BCUT2D eigenvalue weighted by molar-refractivity contribution is 5.97. The van der Waals surface area contributed by atoms with E-state index in [9.17, 15) is 9.90 Å². The van der Waals surface area contributed by atoms with Gasteiger partial charge in [-0.25, -0.2) is 5.43 Å². The van der Waals surface area contributed by atoms with E-state index in [0.29, 0.717) is 0 Å². The van der Waals surface area contributed by atoms with E-state index in [0.717, 1.165) is 12.3 Å². The topological polar surface area (TPSA) is 136 Å². The quantitative estimate of drug-likeness (QED) is 0.302. The molecule has 8 nitrogen and oxygen atoms in total. The molecule has 8 heteroatoms. The summed E-state index contributed by atoms with van der Waals surface area (Å²) in [6, 6.07) is 8.38. The number of furan rings is 1. The predicted octanol–water partition coefficient (Wildman–Crippen LogP) is -0.164. The molecule has 0 fully saturated rings. The molecule has 0 saturated carbocycles. The third-order valence-electron chi connectivity index (χ3n) is 2.46. The van der Waals surface area contributed by atoms with Crippen molar-refractivity contribution in [3.8, 4) is 5.75 Å². The number of nitrogens with zero attached hydrogens (tertiary/aromatic N) is 1. The van der Waals surface area contributed by atoms with Crippen LogP contribution < -0.4 is 5.43 Å². The normalized spacial score (nSPS) is 11.8. The molecule has 21 heavy (non-hydrogen) atoms. The molecule has 2 rings (SSSR count). The first-order valence-corrected chi connectivity index (χ1v) is 5.77. The number of carbonyl (C=O) groups is 1. The summed E-state index contributed by atoms with van der Waals surface area (Å²) in [5.41, 5.74) is 2.21. The van der Waals surface area contributed by atoms with Crippen LogP contribution in [0.5, 0.6) is 5.75 Å². The minimum absolute atomic E-state index is 0.0508. The number of rotatable bonds is 4. The molecule has 0 saturated heterocycles. The van der Waals surface area contributed by atoms with Crippen LogP contribution in [0.25, 0.3) is 0 Å². The van der Waals surface area contributed by atoms with Gasteiger partial charge in [0.25, 0.3) is 5.91 Å². The summed E-state index contributed by atoms with van der Waals surface area (Å²) in [5.74, 6) is -4.31. The van der Waals surface area contributed by atoms with E-state index in [-0.39, 0.29) is 17.1 Å². The Morgan fingerprint density at radius 1 is 1.19 bits per heavy atom. The van der Waals surface area contributed by atoms with Crippen LogP contribution >= 0.6 is 0 Å². The Bertz CT molecular complexity index is 671. The van der Waals surface area contributed by atoms with Crippen molar-refractivity contribution < 1.29 is 29.6 Å². The highest BCUT2D eigenvalue weighted by Crippen LogP contribution is 2.17. The maximum absolute atomic E-state index is 11.7. The molecule has 5 N–H and O–H groups in total. The number of carbonyl (C=O) groups excluding carboxylic acids is 1. The van der Waals surface area contributed by atoms with E-state index in [2.05, 4.69) is 10.5 Å². The van der Waals surface area contributed by atoms with Gasteiger partial charge >= 0.3 is 5.97 Å². The van der Waals surface area contributed by atoms with Gasteiger partial charge in [-0.3, -0.25) is 4.79 Å². The first kappa shape index (κ1) is 14.7. The highest BCUT2D eigenvalue weighted by atomic mass is 16.7. The Morgan fingerprint density at radius 2 is 1.90 bits per heavy atom. The fraction of sp³-hybridized carbons (Fsp3) is 0.0769. The second-order valence-corrected chi connectivity index (χ2v) is 4.05. The van der Waals surface area contributed by atoms with E-state index in [1.807, 2.05) is 0 Å². The molecule has 1 amide bonds. The molecule has 0 unspecified atom stereocenters. The summed E-state index contributed by atoms with van der Waals surface area (Å²) in [5, 5.41) is 39.7. The van der Waals surface area contributed by atoms with Crippen molar-refractivity contribution in [1.82, 2.24) is 5.43 Å². The number of para-hydroxylation sites is 1. The van der Waals surface area contributed by atoms with Crippen LogP contribution in [0.1, 0.15) is 21.9 Å². The van der Waals surface area contributed by atoms with Gasteiger partial charge in [0.05, 0.1) is 11.8 Å². The number of phenolic OH excluding ortho intramolecular Hbond substituents is 1. The third kappa shape index (κ3) is 3.66. The Hall–Kier alpha value is -2.68. The smallest absolute Gasteiger partial charge is 0.338 e. The van der Waals surface area contributed by atoms with Gasteiger partial charge in [-0.2, -0.15) is 5.10 Å². The molecule has 0 atom stereocenters. The van der Waals surface area contributed by atoms with E-state index in [1.54, 1.807) is 12.1 Å². The van der Waals surface area contributed by atoms with Crippen molar-refractivity contribution in [2.45, 2.75) is 5.97 Å². The molecule has 1 aromatic heterocycles. The zero-order valence-corrected chi connectivity index (χ0v) is 10.6. The molecule has 0 spiro atoms. The van der Waals surface area contributed by atoms with E-state index in [4.69, 9.17) is 19.7 Å². The molecule has 0 aliphatic rings. The van der Waals surface area contributed by atoms with Crippen molar-refractivity contribution in [1.29, 1.82) is 0 Å². The average Bonchev–Trinajstić information content (AvgIpc) is 2.88. The summed E-state index contributed by atoms with van der Waals surface area (Å²) < 4.78 is 4.86. The largest absolute Gasteiger partial charge is 0.507 e. The molecule has 2 aromatic rings. The minimum Gasteiger partial charge on any atom is -0.507 e. The second kappa shape index (κ2) is 5.75. The first-order valence-electron chi connectivity index (χ1n) is 5.77. The fourth-order valence-corrected chi connectivity index (χ4v) is 1.48. The van der Waals surface area contributed by atoms with Crippen molar-refractivity contribution in [2.24, 2.45) is 5.10 Å². The van der Waals surface area contributed by atoms with Crippen molar-refractivity contribution in [3.63, 3.8) is 0 Å². The second-order valence-electron chi connectivity index (χ2n) is 4.05. The number of phenols is 1. The summed E-state index contributed by atoms with van der Waals surface area (Å²) in [7, 11) is 0. The molecular formula is C13H12N2O6. The van der Waals surface area contributed by atoms with E-state index in [1.165, 1.54) is 18.2 Å². The van der Waals surface area contributed by atoms with Crippen LogP contribution in [0.15, 0.2) is 45.9 Å². The number of hydrogen-bond donors (Lipinski definition) is 5. The maximum atomic E-state index is 11.7. The number of amides is 1. The lowest BCUT2D eigenvalue weighted by molar-refractivity contribution is -0.333. The summed E-state index contributed by atoms with van der Waals surface area (Å²) in [6.07, 6.45) is 1.09. The molecule has 1 heterocycles. The van der Waals surface area contributed by atoms with Crippen LogP contribution in [0, 0.1) is 0 Å². The minimum atomic E-state index is -3.08. The van der Waals surface area contributed by atoms with Gasteiger partial charge in [0, 0.05) is 0 Å². The SMILES string of the molecule is O=C(N/N=C\c1ccc(C(O)(O)O)o1)c1ccccc1O. The van der Waals surface area contributed by atoms with Gasteiger partial charge in [-0.15, -0.1) is 0 Å². The summed E-state index contributed by atoms with van der Waals surface area (Å²) in [6.45, 7) is 0. The lowest BCUT2D eigenvalue weighted by Gasteiger charge is -2.08. The number of nitrogens with one attached hydrogen (secondary N) is 1. The molecule has 0 aliphatic carbocycles. The Kier molecular flexibility index (Phi) is 4.03. The highest BCUT2D eigenvalue weighted by Gasteiger charge is 2.25. The maximum Gasteiger partial charge on any atom is 0.338 e. The fourth-order valence-electron chi connectivity index (χ4n) is 1.48. The van der Waals surface area contributed by atoms with E-state index >= 15 is 0 Å². The van der Waals surface area contributed by atoms with Gasteiger partial charge in [-0.1, -0.05) is 12.1 Å². The van der Waals surface area contributed by atoms with Gasteiger partial charge < -0.3 is 24.8 Å². The number of aliphatic hydroxyl groups is 3. The Morgan fingerprint density at radius 3 is 2.52 bits per heavy atom. The lowest BCUT2D eigenvalue weighted by atomic mass is 10.2. The molecule has 110 valence electrons. The number of hydrogen-bond acceptors (Lipinski definition) is 7. The molecule has 0 aliphatic heterocycles. The average molecular weight is 292 g/mol.